The second-order valence-corrected chi connectivity index (χ2v) is 7.38. The molecule has 1 aliphatic rings. The molecule has 6 nitrogen and oxygen atoms in total. The second kappa shape index (κ2) is 8.67. The number of carbonyl (C=O) groups is 1. The first kappa shape index (κ1) is 20.2. The van der Waals surface area contributed by atoms with Crippen LogP contribution in [0.2, 0.25) is 5.02 Å². The number of nitrogens with one attached hydrogen (secondary N) is 1. The van der Waals surface area contributed by atoms with Crippen molar-refractivity contribution in [3.05, 3.63) is 68.5 Å². The Bertz CT molecular complexity index is 886. The first-order chi connectivity index (χ1) is 13.4. The molecule has 2 aromatic rings. The van der Waals surface area contributed by atoms with Crippen molar-refractivity contribution in [3.63, 3.8) is 0 Å². The molecule has 1 heterocycles. The molecule has 1 atom stereocenters. The molecular weight excluding hydrogens is 385 g/mol. The van der Waals surface area contributed by atoms with Gasteiger partial charge in [-0.15, -0.1) is 0 Å². The predicted octanol–water partition coefficient (Wildman–Crippen LogP) is 4.55. The maximum Gasteiger partial charge on any atom is 0.274 e. The molecular formula is C20H21ClFN3O3. The number of nitro groups is 1. The smallest absolute Gasteiger partial charge is 0.274 e. The minimum atomic E-state index is -0.467. The fourth-order valence-electron chi connectivity index (χ4n) is 3.51. The van der Waals surface area contributed by atoms with Crippen molar-refractivity contribution in [2.24, 2.45) is 5.92 Å². The Hall–Kier alpha value is -2.51. The predicted molar refractivity (Wildman–Crippen MR) is 106 cm³/mol. The average Bonchev–Trinajstić information content (AvgIpc) is 2.66. The molecule has 0 bridgehead atoms. The van der Waals surface area contributed by atoms with E-state index in [1.54, 1.807) is 31.2 Å². The molecule has 3 rings (SSSR count). The number of hydrogen-bond donors (Lipinski definition) is 1. The van der Waals surface area contributed by atoms with Crippen molar-refractivity contribution < 1.29 is 14.1 Å². The molecule has 0 radical (unpaired) electrons. The van der Waals surface area contributed by atoms with E-state index >= 15 is 0 Å². The number of halogens is 2. The Kier molecular flexibility index (Phi) is 6.26. The lowest BCUT2D eigenvalue weighted by atomic mass is 9.96. The standard InChI is InChI=1S/C20H21ClFN3O3/c1-13-18(8-3-9-19(13)25(27)28)23-20(26)14-5-4-10-24(11-14)12-15-16(21)6-2-7-17(15)22/h2-3,6-9,14H,4-5,10-12H2,1H3,(H,23,26). The summed E-state index contributed by atoms with van der Waals surface area (Å²) in [4.78, 5) is 25.3. The van der Waals surface area contributed by atoms with Crippen LogP contribution in [0.25, 0.3) is 0 Å². The van der Waals surface area contributed by atoms with Crippen LogP contribution < -0.4 is 5.32 Å². The van der Waals surface area contributed by atoms with Gasteiger partial charge in [-0.3, -0.25) is 19.8 Å². The first-order valence-corrected chi connectivity index (χ1v) is 9.44. The van der Waals surface area contributed by atoms with Crippen LogP contribution in [0.15, 0.2) is 36.4 Å². The molecule has 1 fully saturated rings. The SMILES string of the molecule is Cc1c(NC(=O)C2CCCN(Cc3c(F)cccc3Cl)C2)cccc1[N+](=O)[O-]. The van der Waals surface area contributed by atoms with Gasteiger partial charge < -0.3 is 5.32 Å². The van der Waals surface area contributed by atoms with Gasteiger partial charge in [0.25, 0.3) is 5.69 Å². The van der Waals surface area contributed by atoms with Crippen LogP contribution in [0.4, 0.5) is 15.8 Å². The van der Waals surface area contributed by atoms with E-state index in [1.165, 1.54) is 12.1 Å². The van der Waals surface area contributed by atoms with Crippen molar-refractivity contribution in [1.82, 2.24) is 4.90 Å². The van der Waals surface area contributed by atoms with Gasteiger partial charge >= 0.3 is 0 Å². The van der Waals surface area contributed by atoms with E-state index in [4.69, 9.17) is 11.6 Å². The molecule has 1 unspecified atom stereocenters. The molecule has 0 saturated carbocycles. The highest BCUT2D eigenvalue weighted by atomic mass is 35.5. The summed E-state index contributed by atoms with van der Waals surface area (Å²) in [6.45, 7) is 3.18. The Balaban J connectivity index is 1.68. The van der Waals surface area contributed by atoms with Crippen LogP contribution in [0.3, 0.4) is 0 Å². The lowest BCUT2D eigenvalue weighted by Gasteiger charge is -2.32. The van der Waals surface area contributed by atoms with Gasteiger partial charge in [-0.2, -0.15) is 0 Å². The van der Waals surface area contributed by atoms with Crippen LogP contribution in [0.5, 0.6) is 0 Å². The first-order valence-electron chi connectivity index (χ1n) is 9.07. The van der Waals surface area contributed by atoms with Crippen LogP contribution in [-0.2, 0) is 11.3 Å². The fourth-order valence-corrected chi connectivity index (χ4v) is 3.73. The molecule has 0 spiro atoms. The van der Waals surface area contributed by atoms with Crippen LogP contribution in [-0.4, -0.2) is 28.8 Å². The zero-order valence-electron chi connectivity index (χ0n) is 15.5. The van der Waals surface area contributed by atoms with E-state index in [-0.39, 0.29) is 23.3 Å². The third-order valence-electron chi connectivity index (χ3n) is 5.08. The van der Waals surface area contributed by atoms with Gasteiger partial charge in [0.15, 0.2) is 0 Å². The van der Waals surface area contributed by atoms with Crippen LogP contribution in [0.1, 0.15) is 24.0 Å². The number of amides is 1. The third kappa shape index (κ3) is 4.48. The zero-order valence-corrected chi connectivity index (χ0v) is 16.2. The van der Waals surface area contributed by atoms with E-state index in [9.17, 15) is 19.3 Å². The van der Waals surface area contributed by atoms with Crippen molar-refractivity contribution in [1.29, 1.82) is 0 Å². The summed E-state index contributed by atoms with van der Waals surface area (Å²) >= 11 is 6.11. The van der Waals surface area contributed by atoms with Crippen LogP contribution in [0, 0.1) is 28.8 Å². The third-order valence-corrected chi connectivity index (χ3v) is 5.43. The summed E-state index contributed by atoms with van der Waals surface area (Å²) in [6, 6.07) is 9.20. The summed E-state index contributed by atoms with van der Waals surface area (Å²) in [5, 5.41) is 14.3. The summed E-state index contributed by atoms with van der Waals surface area (Å²) < 4.78 is 14.1. The van der Waals surface area contributed by atoms with E-state index in [1.807, 2.05) is 4.90 Å². The van der Waals surface area contributed by atoms with E-state index < -0.39 is 4.92 Å². The summed E-state index contributed by atoms with van der Waals surface area (Å²) in [7, 11) is 0. The molecule has 148 valence electrons. The number of nitro benzene ring substituents is 1. The zero-order chi connectivity index (χ0) is 20.3. The van der Waals surface area contributed by atoms with E-state index in [2.05, 4.69) is 5.32 Å². The van der Waals surface area contributed by atoms with Crippen molar-refractivity contribution >= 4 is 28.9 Å². The Labute approximate surface area is 167 Å². The topological polar surface area (TPSA) is 75.5 Å². The van der Waals surface area contributed by atoms with E-state index in [0.29, 0.717) is 41.3 Å². The summed E-state index contributed by atoms with van der Waals surface area (Å²) in [5.41, 5.74) is 1.26. The Morgan fingerprint density at radius 2 is 2.11 bits per heavy atom. The molecule has 28 heavy (non-hydrogen) atoms. The quantitative estimate of drug-likeness (QED) is 0.585. The highest BCUT2D eigenvalue weighted by Crippen LogP contribution is 2.28. The van der Waals surface area contributed by atoms with Gasteiger partial charge in [-0.05, 0) is 44.5 Å². The monoisotopic (exact) mass is 405 g/mol. The molecule has 0 aliphatic carbocycles. The molecule has 8 heteroatoms. The van der Waals surface area contributed by atoms with Crippen molar-refractivity contribution in [2.45, 2.75) is 26.3 Å². The number of piperidine rings is 1. The molecule has 2 aromatic carbocycles. The average molecular weight is 406 g/mol. The summed E-state index contributed by atoms with van der Waals surface area (Å²) in [5.74, 6) is -0.822. The highest BCUT2D eigenvalue weighted by molar-refractivity contribution is 6.31. The van der Waals surface area contributed by atoms with Gasteiger partial charge in [0.2, 0.25) is 5.91 Å². The largest absolute Gasteiger partial charge is 0.325 e. The molecule has 1 aliphatic heterocycles. The van der Waals surface area contributed by atoms with E-state index in [0.717, 1.165) is 13.0 Å². The van der Waals surface area contributed by atoms with Crippen molar-refractivity contribution in [2.75, 3.05) is 18.4 Å². The number of anilines is 1. The fraction of sp³-hybridized carbons (Fsp3) is 0.350. The number of carbonyl (C=O) groups excluding carboxylic acids is 1. The summed E-state index contributed by atoms with van der Waals surface area (Å²) in [6.07, 6.45) is 1.51. The minimum absolute atomic E-state index is 0.0303. The number of rotatable bonds is 5. The molecule has 1 saturated heterocycles. The minimum Gasteiger partial charge on any atom is -0.325 e. The molecule has 1 N–H and O–H groups in total. The lowest BCUT2D eigenvalue weighted by molar-refractivity contribution is -0.385. The maximum atomic E-state index is 14.1. The van der Waals surface area contributed by atoms with Gasteiger partial charge in [0, 0.05) is 29.7 Å². The molecule has 1 amide bonds. The van der Waals surface area contributed by atoms with Crippen molar-refractivity contribution in [3.8, 4) is 0 Å². The van der Waals surface area contributed by atoms with Crippen LogP contribution >= 0.6 is 11.6 Å². The number of benzene rings is 2. The van der Waals surface area contributed by atoms with Gasteiger partial charge in [-0.1, -0.05) is 23.7 Å². The van der Waals surface area contributed by atoms with Gasteiger partial charge in [0.05, 0.1) is 22.1 Å². The van der Waals surface area contributed by atoms with Gasteiger partial charge in [-0.25, -0.2) is 4.39 Å². The number of nitrogens with zero attached hydrogens (tertiary/aromatic N) is 2. The normalized spacial score (nSPS) is 17.3. The number of hydrogen-bond acceptors (Lipinski definition) is 4. The maximum absolute atomic E-state index is 14.1. The number of likely N-dealkylation sites (tertiary alicyclic amines) is 1. The lowest BCUT2D eigenvalue weighted by Crippen LogP contribution is -2.40. The second-order valence-electron chi connectivity index (χ2n) is 6.97. The Morgan fingerprint density at radius 3 is 2.82 bits per heavy atom. The highest BCUT2D eigenvalue weighted by Gasteiger charge is 2.27. The Morgan fingerprint density at radius 1 is 1.36 bits per heavy atom. The van der Waals surface area contributed by atoms with Gasteiger partial charge in [0.1, 0.15) is 5.82 Å². The molecule has 0 aromatic heterocycles.